The summed E-state index contributed by atoms with van der Waals surface area (Å²) in [7, 11) is 0. The lowest BCUT2D eigenvalue weighted by Gasteiger charge is -2.33. The van der Waals surface area contributed by atoms with Crippen molar-refractivity contribution in [2.45, 2.75) is 40.0 Å². The Labute approximate surface area is 198 Å². The minimum Gasteiger partial charge on any atom is -0.507 e. The summed E-state index contributed by atoms with van der Waals surface area (Å²) in [5.41, 5.74) is 3.23. The van der Waals surface area contributed by atoms with Crippen LogP contribution in [0.5, 0.6) is 5.75 Å². The van der Waals surface area contributed by atoms with E-state index < -0.39 is 0 Å². The van der Waals surface area contributed by atoms with Crippen LogP contribution in [0.1, 0.15) is 53.6 Å². The Kier molecular flexibility index (Phi) is 6.40. The van der Waals surface area contributed by atoms with Crippen LogP contribution >= 0.6 is 22.9 Å². The predicted molar refractivity (Wildman–Crippen MR) is 134 cm³/mol. The van der Waals surface area contributed by atoms with E-state index in [4.69, 9.17) is 11.6 Å². The highest BCUT2D eigenvalue weighted by Crippen LogP contribution is 2.45. The van der Waals surface area contributed by atoms with Gasteiger partial charge in [-0.25, -0.2) is 4.99 Å². The fourth-order valence-corrected chi connectivity index (χ4v) is 5.56. The lowest BCUT2D eigenvalue weighted by Crippen LogP contribution is -2.27. The Morgan fingerprint density at radius 3 is 2.69 bits per heavy atom. The van der Waals surface area contributed by atoms with E-state index in [1.807, 2.05) is 30.3 Å². The maximum atomic E-state index is 13.3. The van der Waals surface area contributed by atoms with Gasteiger partial charge in [0, 0.05) is 27.4 Å². The zero-order valence-electron chi connectivity index (χ0n) is 18.5. The van der Waals surface area contributed by atoms with Gasteiger partial charge >= 0.3 is 0 Å². The van der Waals surface area contributed by atoms with Crippen LogP contribution in [0.4, 0.5) is 10.7 Å². The monoisotopic (exact) mass is 466 g/mol. The molecule has 1 aromatic heterocycles. The quantitative estimate of drug-likeness (QED) is 0.397. The lowest BCUT2D eigenvalue weighted by molar-refractivity contribution is 0.102. The van der Waals surface area contributed by atoms with Crippen molar-refractivity contribution in [2.75, 3.05) is 5.32 Å². The molecule has 6 heteroatoms. The number of halogens is 1. The number of nitrogens with zero attached hydrogens (tertiary/aromatic N) is 1. The summed E-state index contributed by atoms with van der Waals surface area (Å²) in [5, 5.41) is 14.3. The van der Waals surface area contributed by atoms with Gasteiger partial charge in [0.1, 0.15) is 10.8 Å². The first kappa shape index (κ1) is 22.6. The number of carbonyl (C=O) groups excluding carboxylic acids is 1. The molecule has 4 rings (SSSR count). The predicted octanol–water partition coefficient (Wildman–Crippen LogP) is 7.26. The summed E-state index contributed by atoms with van der Waals surface area (Å²) in [6, 6.07) is 14.3. The topological polar surface area (TPSA) is 61.7 Å². The fourth-order valence-electron chi connectivity index (χ4n) is 4.11. The molecule has 1 atom stereocenters. The van der Waals surface area contributed by atoms with E-state index in [9.17, 15) is 9.90 Å². The highest BCUT2D eigenvalue weighted by molar-refractivity contribution is 7.16. The Balaban J connectivity index is 1.73. The maximum absolute atomic E-state index is 13.3. The van der Waals surface area contributed by atoms with E-state index in [-0.39, 0.29) is 17.1 Å². The van der Waals surface area contributed by atoms with E-state index in [0.29, 0.717) is 27.1 Å². The molecule has 0 saturated carbocycles. The number of rotatable bonds is 4. The normalized spacial score (nSPS) is 16.2. The Bertz CT molecular complexity index is 1160. The van der Waals surface area contributed by atoms with Gasteiger partial charge in [0.2, 0.25) is 0 Å². The fraction of sp³-hybridized carbons (Fsp3) is 0.308. The second-order valence-electron chi connectivity index (χ2n) is 9.27. The molecule has 0 fully saturated rings. The van der Waals surface area contributed by atoms with E-state index in [0.717, 1.165) is 30.5 Å². The summed E-state index contributed by atoms with van der Waals surface area (Å²) in [5.74, 6) is 0.514. The number of amides is 1. The number of phenolic OH excluding ortho intramolecular Hbond substituents is 1. The SMILES string of the molecule is CC(C)(C)[C@H]1CCc2c(sc(N=Cc3cc(Cl)ccc3O)c2C(=O)Nc2ccccc2)C1. The summed E-state index contributed by atoms with van der Waals surface area (Å²) >= 11 is 7.65. The van der Waals surface area contributed by atoms with Gasteiger partial charge in [0.05, 0.1) is 5.56 Å². The van der Waals surface area contributed by atoms with Crippen molar-refractivity contribution in [3.8, 4) is 5.75 Å². The molecular weight excluding hydrogens is 440 g/mol. The van der Waals surface area contributed by atoms with Gasteiger partial charge in [-0.1, -0.05) is 50.6 Å². The molecule has 1 amide bonds. The molecule has 0 saturated heterocycles. The Morgan fingerprint density at radius 2 is 1.97 bits per heavy atom. The van der Waals surface area contributed by atoms with Crippen molar-refractivity contribution >= 4 is 45.7 Å². The van der Waals surface area contributed by atoms with E-state index >= 15 is 0 Å². The number of hydrogen-bond donors (Lipinski definition) is 2. The van der Waals surface area contributed by atoms with Gasteiger partial charge in [0.15, 0.2) is 0 Å². The number of benzene rings is 2. The summed E-state index contributed by atoms with van der Waals surface area (Å²) < 4.78 is 0. The van der Waals surface area contributed by atoms with Crippen LogP contribution in [-0.2, 0) is 12.8 Å². The molecule has 32 heavy (non-hydrogen) atoms. The smallest absolute Gasteiger partial charge is 0.259 e. The number of anilines is 1. The zero-order valence-corrected chi connectivity index (χ0v) is 20.1. The van der Waals surface area contributed by atoms with Crippen molar-refractivity contribution in [3.63, 3.8) is 0 Å². The van der Waals surface area contributed by atoms with Crippen molar-refractivity contribution in [1.82, 2.24) is 0 Å². The molecule has 0 aliphatic heterocycles. The second-order valence-corrected chi connectivity index (χ2v) is 10.8. The van der Waals surface area contributed by atoms with Crippen molar-refractivity contribution in [3.05, 3.63) is 75.1 Å². The molecular formula is C26H27ClN2O2S. The second kappa shape index (κ2) is 9.08. The zero-order chi connectivity index (χ0) is 22.9. The highest BCUT2D eigenvalue weighted by atomic mass is 35.5. The molecule has 3 aromatic rings. The van der Waals surface area contributed by atoms with Gasteiger partial charge < -0.3 is 10.4 Å². The van der Waals surface area contributed by atoms with Crippen molar-refractivity contribution in [1.29, 1.82) is 0 Å². The van der Waals surface area contributed by atoms with Crippen LogP contribution in [0.15, 0.2) is 53.5 Å². The third-order valence-electron chi connectivity index (χ3n) is 6.04. The van der Waals surface area contributed by atoms with Crippen LogP contribution < -0.4 is 5.32 Å². The van der Waals surface area contributed by atoms with Crippen molar-refractivity contribution in [2.24, 2.45) is 16.3 Å². The number of thiophene rings is 1. The van der Waals surface area contributed by atoms with Gasteiger partial charge in [-0.05, 0) is 66.5 Å². The van der Waals surface area contributed by atoms with Crippen LogP contribution in [0.2, 0.25) is 5.02 Å². The van der Waals surface area contributed by atoms with E-state index in [2.05, 4.69) is 31.1 Å². The molecule has 1 aliphatic carbocycles. The van der Waals surface area contributed by atoms with Gasteiger partial charge in [-0.3, -0.25) is 4.79 Å². The van der Waals surface area contributed by atoms with Crippen molar-refractivity contribution < 1.29 is 9.90 Å². The maximum Gasteiger partial charge on any atom is 0.259 e. The minimum atomic E-state index is -0.148. The van der Waals surface area contributed by atoms with Crippen LogP contribution in [0.3, 0.4) is 0 Å². The molecule has 0 radical (unpaired) electrons. The number of phenols is 1. The summed E-state index contributed by atoms with van der Waals surface area (Å²) in [6.45, 7) is 6.83. The number of hydrogen-bond acceptors (Lipinski definition) is 4. The van der Waals surface area contributed by atoms with Gasteiger partial charge in [-0.2, -0.15) is 0 Å². The summed E-state index contributed by atoms with van der Waals surface area (Å²) in [4.78, 5) is 19.2. The number of fused-ring (bicyclic) bond motifs is 1. The molecule has 4 nitrogen and oxygen atoms in total. The minimum absolute atomic E-state index is 0.0996. The lowest BCUT2D eigenvalue weighted by atomic mass is 9.72. The average Bonchev–Trinajstić information content (AvgIpc) is 3.12. The first-order valence-corrected chi connectivity index (χ1v) is 12.0. The van der Waals surface area contributed by atoms with Gasteiger partial charge in [-0.15, -0.1) is 11.3 Å². The van der Waals surface area contributed by atoms with Crippen LogP contribution in [0, 0.1) is 11.3 Å². The third-order valence-corrected chi connectivity index (χ3v) is 7.44. The third kappa shape index (κ3) is 4.89. The Hall–Kier alpha value is -2.63. The number of aromatic hydroxyl groups is 1. The molecule has 0 bridgehead atoms. The number of nitrogens with one attached hydrogen (secondary N) is 1. The van der Waals surface area contributed by atoms with Crippen LogP contribution in [0.25, 0.3) is 0 Å². The van der Waals surface area contributed by atoms with Crippen LogP contribution in [-0.4, -0.2) is 17.2 Å². The number of carbonyl (C=O) groups is 1. The highest BCUT2D eigenvalue weighted by Gasteiger charge is 2.33. The molecule has 1 heterocycles. The molecule has 1 aliphatic rings. The number of aliphatic imine (C=N–C) groups is 1. The standard InChI is InChI=1S/C26H27ClN2O2S/c1-26(2,3)17-9-11-20-22(14-17)32-25(28-15-16-13-18(27)10-12-21(16)30)23(20)24(31)29-19-7-5-4-6-8-19/h4-8,10,12-13,15,17,30H,9,11,14H2,1-3H3,(H,29,31)/t17-/m0/s1. The van der Waals surface area contributed by atoms with E-state index in [1.165, 1.54) is 4.88 Å². The largest absolute Gasteiger partial charge is 0.507 e. The average molecular weight is 467 g/mol. The number of para-hydroxylation sites is 1. The summed E-state index contributed by atoms with van der Waals surface area (Å²) in [6.07, 6.45) is 4.45. The molecule has 2 N–H and O–H groups in total. The Morgan fingerprint density at radius 1 is 1.22 bits per heavy atom. The molecule has 0 spiro atoms. The van der Waals surface area contributed by atoms with E-state index in [1.54, 1.807) is 35.8 Å². The first-order valence-electron chi connectivity index (χ1n) is 10.8. The van der Waals surface area contributed by atoms with Gasteiger partial charge in [0.25, 0.3) is 5.91 Å². The first-order chi connectivity index (χ1) is 15.2. The molecule has 166 valence electrons. The molecule has 2 aromatic carbocycles. The molecule has 0 unspecified atom stereocenters.